The van der Waals surface area contributed by atoms with E-state index in [1.165, 1.54) is 6.92 Å². The van der Waals surface area contributed by atoms with Gasteiger partial charge in [0.25, 0.3) is 0 Å². The van der Waals surface area contributed by atoms with E-state index in [-0.39, 0.29) is 4.86 Å². The third-order valence-electron chi connectivity index (χ3n) is 1.55. The summed E-state index contributed by atoms with van der Waals surface area (Å²) in [5, 5.41) is 27.6. The molecule has 3 atom stereocenters. The van der Waals surface area contributed by atoms with Gasteiger partial charge in [-0.25, -0.2) is 4.57 Å². The quantitative estimate of drug-likeness (QED) is 0.290. The van der Waals surface area contributed by atoms with Gasteiger partial charge in [-0.15, -0.1) is 0 Å². The van der Waals surface area contributed by atoms with Crippen molar-refractivity contribution in [1.29, 1.82) is 0 Å². The van der Waals surface area contributed by atoms with E-state index in [9.17, 15) is 14.8 Å². The molecule has 0 aromatic heterocycles. The molecule has 0 amide bonds. The molecule has 0 aliphatic heterocycles. The van der Waals surface area contributed by atoms with Gasteiger partial charge in [0.2, 0.25) is 0 Å². The van der Waals surface area contributed by atoms with Gasteiger partial charge in [0.1, 0.15) is 18.3 Å². The number of aliphatic hydroxyl groups is 3. The van der Waals surface area contributed by atoms with Crippen molar-refractivity contribution >= 4 is 24.9 Å². The van der Waals surface area contributed by atoms with Crippen molar-refractivity contribution in [2.45, 2.75) is 25.2 Å². The highest BCUT2D eigenvalue weighted by Crippen LogP contribution is 2.35. The van der Waals surface area contributed by atoms with Crippen LogP contribution in [0.3, 0.4) is 0 Å². The molecular weight excluding hydrogens is 247 g/mol. The standard InChI is InChI=1S/C6H13O7PS/c1-3(15)5(8)6(9)4(7)2-13-14(10,11)12/h4-9H,2H2,1H3,(H2,10,11,12)/t4-,5+,6-/m1/s1. The van der Waals surface area contributed by atoms with Crippen LogP contribution in [0.4, 0.5) is 0 Å². The Kier molecular flexibility index (Phi) is 6.01. The lowest BCUT2D eigenvalue weighted by Crippen LogP contribution is -2.42. The van der Waals surface area contributed by atoms with Crippen LogP contribution in [0.5, 0.6) is 0 Å². The summed E-state index contributed by atoms with van der Waals surface area (Å²) in [6.45, 7) is 0.560. The molecule has 9 heteroatoms. The Labute approximate surface area is 91.6 Å². The highest BCUT2D eigenvalue weighted by Gasteiger charge is 2.28. The van der Waals surface area contributed by atoms with Crippen molar-refractivity contribution < 1.29 is 34.2 Å². The van der Waals surface area contributed by atoms with E-state index >= 15 is 0 Å². The molecule has 0 aliphatic carbocycles. The Bertz CT molecular complexity index is 264. The first-order valence-corrected chi connectivity index (χ1v) is 5.83. The van der Waals surface area contributed by atoms with Crippen LogP contribution in [-0.2, 0) is 9.09 Å². The van der Waals surface area contributed by atoms with Gasteiger partial charge in [-0.3, -0.25) is 4.52 Å². The summed E-state index contributed by atoms with van der Waals surface area (Å²) < 4.78 is 14.2. The second-order valence-corrected chi connectivity index (χ2v) is 4.78. The van der Waals surface area contributed by atoms with E-state index in [4.69, 9.17) is 14.9 Å². The summed E-state index contributed by atoms with van der Waals surface area (Å²) >= 11 is 4.56. The average molecular weight is 260 g/mol. The lowest BCUT2D eigenvalue weighted by Gasteiger charge is -2.22. The van der Waals surface area contributed by atoms with Crippen LogP contribution in [0, 0.1) is 0 Å². The number of phosphoric acid groups is 1. The molecular formula is C6H13O7PS. The van der Waals surface area contributed by atoms with Gasteiger partial charge in [0.15, 0.2) is 0 Å². The third kappa shape index (κ3) is 6.29. The van der Waals surface area contributed by atoms with E-state index in [2.05, 4.69) is 16.7 Å². The molecule has 0 heterocycles. The van der Waals surface area contributed by atoms with Crippen LogP contribution >= 0.6 is 20.0 Å². The smallest absolute Gasteiger partial charge is 0.388 e. The maximum atomic E-state index is 10.3. The van der Waals surface area contributed by atoms with E-state index in [0.717, 1.165) is 0 Å². The fourth-order valence-corrected chi connectivity index (χ4v) is 1.21. The molecule has 0 saturated heterocycles. The first kappa shape index (κ1) is 15.1. The maximum absolute atomic E-state index is 10.3. The van der Waals surface area contributed by atoms with Crippen LogP contribution in [-0.4, -0.2) is 54.9 Å². The molecule has 0 aliphatic rings. The molecule has 0 fully saturated rings. The van der Waals surface area contributed by atoms with Crippen molar-refractivity contribution in [2.24, 2.45) is 0 Å². The Morgan fingerprint density at radius 1 is 1.40 bits per heavy atom. The molecule has 0 unspecified atom stereocenters. The van der Waals surface area contributed by atoms with Crippen LogP contribution in [0.2, 0.25) is 0 Å². The SMILES string of the molecule is CC(=S)[C@H](O)[C@H](O)[C@H](O)COP(=O)(O)O. The predicted molar refractivity (Wildman–Crippen MR) is 54.3 cm³/mol. The molecule has 0 rings (SSSR count). The van der Waals surface area contributed by atoms with E-state index in [1.807, 2.05) is 0 Å². The summed E-state index contributed by atoms with van der Waals surface area (Å²) in [7, 11) is -4.70. The Morgan fingerprint density at radius 3 is 2.20 bits per heavy atom. The van der Waals surface area contributed by atoms with Gasteiger partial charge in [-0.1, -0.05) is 12.2 Å². The zero-order valence-corrected chi connectivity index (χ0v) is 9.56. The first-order valence-electron chi connectivity index (χ1n) is 3.90. The van der Waals surface area contributed by atoms with E-state index in [1.54, 1.807) is 0 Å². The minimum atomic E-state index is -4.70. The summed E-state index contributed by atoms with van der Waals surface area (Å²) in [5.41, 5.74) is 0. The first-order chi connectivity index (χ1) is 6.65. The fourth-order valence-electron chi connectivity index (χ4n) is 0.723. The number of rotatable bonds is 6. The zero-order chi connectivity index (χ0) is 12.2. The molecule has 0 aromatic carbocycles. The Hall–Kier alpha value is 0.0800. The second-order valence-electron chi connectivity index (χ2n) is 2.90. The fraction of sp³-hybridized carbons (Fsp3) is 0.833. The van der Waals surface area contributed by atoms with Crippen molar-refractivity contribution in [3.63, 3.8) is 0 Å². The van der Waals surface area contributed by atoms with E-state index in [0.29, 0.717) is 0 Å². The molecule has 0 aromatic rings. The normalized spacial score (nSPS) is 18.3. The van der Waals surface area contributed by atoms with Gasteiger partial charge in [-0.2, -0.15) is 0 Å². The van der Waals surface area contributed by atoms with Gasteiger partial charge in [-0.05, 0) is 6.92 Å². The number of hydrogen-bond donors (Lipinski definition) is 5. The molecule has 0 spiro atoms. The second kappa shape index (κ2) is 5.97. The highest BCUT2D eigenvalue weighted by atomic mass is 32.1. The molecule has 0 saturated carbocycles. The molecule has 5 N–H and O–H groups in total. The minimum Gasteiger partial charge on any atom is -0.388 e. The average Bonchev–Trinajstić information content (AvgIpc) is 2.10. The van der Waals surface area contributed by atoms with Crippen LogP contribution in [0.15, 0.2) is 0 Å². The summed E-state index contributed by atoms with van der Waals surface area (Å²) in [6, 6.07) is 0. The summed E-state index contributed by atoms with van der Waals surface area (Å²) in [6.07, 6.45) is -4.73. The lowest BCUT2D eigenvalue weighted by atomic mass is 10.1. The molecule has 0 bridgehead atoms. The van der Waals surface area contributed by atoms with Crippen molar-refractivity contribution in [1.82, 2.24) is 0 Å². The largest absolute Gasteiger partial charge is 0.469 e. The monoisotopic (exact) mass is 260 g/mol. The van der Waals surface area contributed by atoms with Gasteiger partial charge >= 0.3 is 7.82 Å². The highest BCUT2D eigenvalue weighted by molar-refractivity contribution is 7.80. The molecule has 90 valence electrons. The van der Waals surface area contributed by atoms with Gasteiger partial charge in [0.05, 0.1) is 6.61 Å². The van der Waals surface area contributed by atoms with Crippen LogP contribution in [0.25, 0.3) is 0 Å². The van der Waals surface area contributed by atoms with Crippen molar-refractivity contribution in [3.05, 3.63) is 0 Å². The zero-order valence-electron chi connectivity index (χ0n) is 7.85. The van der Waals surface area contributed by atoms with Crippen molar-refractivity contribution in [3.8, 4) is 0 Å². The number of hydrogen-bond acceptors (Lipinski definition) is 6. The minimum absolute atomic E-state index is 0.0535. The molecule has 15 heavy (non-hydrogen) atoms. The number of aliphatic hydroxyl groups excluding tert-OH is 3. The predicted octanol–water partition coefficient (Wildman–Crippen LogP) is -1.43. The Morgan fingerprint density at radius 2 is 1.87 bits per heavy atom. The maximum Gasteiger partial charge on any atom is 0.469 e. The third-order valence-corrected chi connectivity index (χ3v) is 2.27. The van der Waals surface area contributed by atoms with Gasteiger partial charge in [0, 0.05) is 4.86 Å². The molecule has 0 radical (unpaired) electrons. The summed E-state index contributed by atoms with van der Waals surface area (Å²) in [4.78, 5) is 16.7. The molecule has 7 nitrogen and oxygen atoms in total. The van der Waals surface area contributed by atoms with E-state index < -0.39 is 32.7 Å². The van der Waals surface area contributed by atoms with Crippen LogP contribution in [0.1, 0.15) is 6.92 Å². The van der Waals surface area contributed by atoms with Gasteiger partial charge < -0.3 is 25.1 Å². The summed E-state index contributed by atoms with van der Waals surface area (Å²) in [5.74, 6) is 0. The topological polar surface area (TPSA) is 127 Å². The van der Waals surface area contributed by atoms with Crippen molar-refractivity contribution in [2.75, 3.05) is 6.61 Å². The Balaban J connectivity index is 4.16. The lowest BCUT2D eigenvalue weighted by molar-refractivity contribution is -0.0540. The number of thiocarbonyl (C=S) groups is 1. The number of phosphoric ester groups is 1. The van der Waals surface area contributed by atoms with Crippen LogP contribution < -0.4 is 0 Å².